The summed E-state index contributed by atoms with van der Waals surface area (Å²) in [6.45, 7) is 3.76. The van der Waals surface area contributed by atoms with Gasteiger partial charge in [0.2, 0.25) is 0 Å². The summed E-state index contributed by atoms with van der Waals surface area (Å²) >= 11 is 1.27. The van der Waals surface area contributed by atoms with E-state index in [1.165, 1.54) is 41.4 Å². The normalized spacial score (nSPS) is 13.5. The highest BCUT2D eigenvalue weighted by atomic mass is 32.1. The van der Waals surface area contributed by atoms with Gasteiger partial charge in [-0.2, -0.15) is 0 Å². The molecular weight excluding hydrogens is 454 g/mol. The smallest absolute Gasteiger partial charge is 0.338 e. The number of amides is 3. The lowest BCUT2D eigenvalue weighted by atomic mass is 10.1. The molecule has 0 saturated heterocycles. The zero-order chi connectivity index (χ0) is 24.2. The lowest BCUT2D eigenvalue weighted by Crippen LogP contribution is -2.30. The van der Waals surface area contributed by atoms with E-state index in [0.717, 1.165) is 17.7 Å². The molecule has 174 valence electrons. The molecule has 9 heteroatoms. The van der Waals surface area contributed by atoms with Gasteiger partial charge in [-0.1, -0.05) is 43.7 Å². The number of imide groups is 1. The Kier molecular flexibility index (Phi) is 6.83. The molecule has 1 N–H and O–H groups in total. The third-order valence-electron chi connectivity index (χ3n) is 5.40. The first-order valence-electron chi connectivity index (χ1n) is 10.9. The van der Waals surface area contributed by atoms with Crippen molar-refractivity contribution in [2.75, 3.05) is 11.9 Å². The maximum absolute atomic E-state index is 12.6. The van der Waals surface area contributed by atoms with E-state index in [4.69, 9.17) is 4.74 Å². The Hall–Kier alpha value is -3.85. The number of fused-ring (bicyclic) bond motifs is 1. The van der Waals surface area contributed by atoms with Crippen LogP contribution in [0, 0.1) is 0 Å². The summed E-state index contributed by atoms with van der Waals surface area (Å²) in [5, 5.41) is 4.87. The average molecular weight is 478 g/mol. The van der Waals surface area contributed by atoms with Crippen LogP contribution in [0.25, 0.3) is 11.3 Å². The zero-order valence-corrected chi connectivity index (χ0v) is 19.6. The number of hydrogen-bond donors (Lipinski definition) is 1. The van der Waals surface area contributed by atoms with E-state index in [9.17, 15) is 19.2 Å². The van der Waals surface area contributed by atoms with Crippen LogP contribution >= 0.6 is 11.3 Å². The molecule has 1 unspecified atom stereocenters. The van der Waals surface area contributed by atoms with Gasteiger partial charge in [-0.25, -0.2) is 9.78 Å². The molecule has 8 nitrogen and oxygen atoms in total. The fourth-order valence-electron chi connectivity index (χ4n) is 3.50. The Balaban J connectivity index is 1.39. The summed E-state index contributed by atoms with van der Waals surface area (Å²) in [5.41, 5.74) is 2.19. The van der Waals surface area contributed by atoms with Crippen molar-refractivity contribution in [2.24, 2.45) is 0 Å². The number of ether oxygens (including phenoxy) is 1. The monoisotopic (exact) mass is 477 g/mol. The van der Waals surface area contributed by atoms with Gasteiger partial charge in [0, 0.05) is 17.5 Å². The van der Waals surface area contributed by atoms with Crippen molar-refractivity contribution in [3.05, 3.63) is 70.6 Å². The molecule has 1 aromatic heterocycles. The second-order valence-corrected chi connectivity index (χ2v) is 8.67. The van der Waals surface area contributed by atoms with E-state index < -0.39 is 23.9 Å². The third kappa shape index (κ3) is 4.74. The van der Waals surface area contributed by atoms with Crippen LogP contribution in [0.2, 0.25) is 0 Å². The molecule has 0 spiro atoms. The lowest BCUT2D eigenvalue weighted by Gasteiger charge is -2.13. The minimum atomic E-state index is -1.09. The van der Waals surface area contributed by atoms with E-state index >= 15 is 0 Å². The van der Waals surface area contributed by atoms with Crippen LogP contribution in [0.3, 0.4) is 0 Å². The predicted octanol–water partition coefficient (Wildman–Crippen LogP) is 4.39. The number of carbonyl (C=O) groups is 4. The van der Waals surface area contributed by atoms with Crippen molar-refractivity contribution in [3.8, 4) is 11.3 Å². The number of carbonyl (C=O) groups excluding carboxylic acids is 4. The maximum atomic E-state index is 12.6. The van der Waals surface area contributed by atoms with Crippen LogP contribution in [0.1, 0.15) is 57.8 Å². The lowest BCUT2D eigenvalue weighted by molar-refractivity contribution is -0.123. The molecule has 0 saturated carbocycles. The van der Waals surface area contributed by atoms with Gasteiger partial charge >= 0.3 is 5.97 Å². The molecule has 3 amide bonds. The minimum Gasteiger partial charge on any atom is -0.449 e. The second-order valence-electron chi connectivity index (χ2n) is 7.82. The summed E-state index contributed by atoms with van der Waals surface area (Å²) in [4.78, 5) is 55.8. The molecule has 0 fully saturated rings. The summed E-state index contributed by atoms with van der Waals surface area (Å²) in [6, 6.07) is 13.8. The minimum absolute atomic E-state index is 0.0949. The number of esters is 1. The average Bonchev–Trinajstić information content (AvgIpc) is 3.41. The first kappa shape index (κ1) is 23.3. The van der Waals surface area contributed by atoms with Crippen molar-refractivity contribution in [1.29, 1.82) is 0 Å². The van der Waals surface area contributed by atoms with Crippen LogP contribution in [0.15, 0.2) is 53.9 Å². The molecule has 1 aliphatic heterocycles. The fourth-order valence-corrected chi connectivity index (χ4v) is 4.22. The molecular formula is C25H23N3O5S. The largest absolute Gasteiger partial charge is 0.449 e. The van der Waals surface area contributed by atoms with Gasteiger partial charge in [-0.05, 0) is 31.5 Å². The molecule has 3 aromatic rings. The second kappa shape index (κ2) is 9.96. The predicted molar refractivity (Wildman–Crippen MR) is 128 cm³/mol. The van der Waals surface area contributed by atoms with Gasteiger partial charge < -0.3 is 4.74 Å². The maximum Gasteiger partial charge on any atom is 0.338 e. The van der Waals surface area contributed by atoms with Gasteiger partial charge in [0.1, 0.15) is 0 Å². The van der Waals surface area contributed by atoms with Crippen LogP contribution in [-0.2, 0) is 9.53 Å². The highest BCUT2D eigenvalue weighted by Gasteiger charge is 2.35. The molecule has 1 aliphatic rings. The Bertz CT molecular complexity index is 1250. The van der Waals surface area contributed by atoms with E-state index in [1.54, 1.807) is 0 Å². The molecule has 2 heterocycles. The first-order chi connectivity index (χ1) is 16.4. The van der Waals surface area contributed by atoms with Crippen LogP contribution in [0.4, 0.5) is 5.13 Å². The SMILES string of the molecule is CCCCN1C(=O)c2ccc(C(=O)OC(C)C(=O)Nc3nc(-c4ccccc4)cs3)cc2C1=O. The Labute approximate surface area is 200 Å². The van der Waals surface area contributed by atoms with Crippen molar-refractivity contribution >= 4 is 40.2 Å². The van der Waals surface area contributed by atoms with Crippen molar-refractivity contribution in [1.82, 2.24) is 9.88 Å². The highest BCUT2D eigenvalue weighted by Crippen LogP contribution is 2.26. The van der Waals surface area contributed by atoms with Crippen molar-refractivity contribution in [2.45, 2.75) is 32.8 Å². The number of nitrogens with one attached hydrogen (secondary N) is 1. The van der Waals surface area contributed by atoms with Crippen molar-refractivity contribution < 1.29 is 23.9 Å². The summed E-state index contributed by atoms with van der Waals surface area (Å²) in [7, 11) is 0. The number of aromatic nitrogens is 1. The third-order valence-corrected chi connectivity index (χ3v) is 6.16. The molecule has 0 radical (unpaired) electrons. The fraction of sp³-hybridized carbons (Fsp3) is 0.240. The van der Waals surface area contributed by atoms with E-state index in [0.29, 0.717) is 18.1 Å². The zero-order valence-electron chi connectivity index (χ0n) is 18.7. The summed E-state index contributed by atoms with van der Waals surface area (Å²) in [5.74, 6) is -2.08. The molecule has 4 rings (SSSR count). The van der Waals surface area contributed by atoms with Crippen molar-refractivity contribution in [3.63, 3.8) is 0 Å². The van der Waals surface area contributed by atoms with Gasteiger partial charge in [-0.15, -0.1) is 11.3 Å². The number of rotatable bonds is 8. The van der Waals surface area contributed by atoms with Gasteiger partial charge in [0.05, 0.1) is 22.4 Å². The van der Waals surface area contributed by atoms with E-state index in [-0.39, 0.29) is 22.6 Å². The Morgan fingerprint density at radius 3 is 2.56 bits per heavy atom. The van der Waals surface area contributed by atoms with E-state index in [2.05, 4.69) is 10.3 Å². The number of unbranched alkanes of at least 4 members (excludes halogenated alkanes) is 1. The number of hydrogen-bond acceptors (Lipinski definition) is 7. The van der Waals surface area contributed by atoms with Gasteiger partial charge in [-0.3, -0.25) is 24.6 Å². The quantitative estimate of drug-likeness (QED) is 0.381. The molecule has 34 heavy (non-hydrogen) atoms. The summed E-state index contributed by atoms with van der Waals surface area (Å²) < 4.78 is 5.29. The molecule has 2 aromatic carbocycles. The molecule has 0 bridgehead atoms. The number of thiazole rings is 1. The van der Waals surface area contributed by atoms with Gasteiger partial charge in [0.15, 0.2) is 11.2 Å². The van der Waals surface area contributed by atoms with Crippen LogP contribution < -0.4 is 5.32 Å². The number of anilines is 1. The van der Waals surface area contributed by atoms with Crippen LogP contribution in [-0.4, -0.2) is 46.2 Å². The number of nitrogens with zero attached hydrogens (tertiary/aromatic N) is 2. The Morgan fingerprint density at radius 1 is 1.09 bits per heavy atom. The van der Waals surface area contributed by atoms with E-state index in [1.807, 2.05) is 42.6 Å². The van der Waals surface area contributed by atoms with Gasteiger partial charge in [0.25, 0.3) is 17.7 Å². The topological polar surface area (TPSA) is 106 Å². The molecule has 1 atom stereocenters. The molecule has 0 aliphatic carbocycles. The Morgan fingerprint density at radius 2 is 1.82 bits per heavy atom. The van der Waals surface area contributed by atoms with Crippen LogP contribution in [0.5, 0.6) is 0 Å². The summed E-state index contributed by atoms with van der Waals surface area (Å²) in [6.07, 6.45) is 0.460. The standard InChI is InChI=1S/C25H23N3O5S/c1-3-4-12-28-22(30)18-11-10-17(13-19(18)23(28)31)24(32)33-15(2)21(29)27-25-26-20(14-34-25)16-8-6-5-7-9-16/h5-11,13-15H,3-4,12H2,1-2H3,(H,26,27,29). The first-order valence-corrected chi connectivity index (χ1v) is 11.8. The number of benzene rings is 2. The highest BCUT2D eigenvalue weighted by molar-refractivity contribution is 7.14.